The molecule has 1 aromatic heterocycles. The van der Waals surface area contributed by atoms with E-state index in [-0.39, 0.29) is 11.5 Å². The number of hydrogen-bond acceptors (Lipinski definition) is 6. The Morgan fingerprint density at radius 2 is 1.81 bits per heavy atom. The fourth-order valence-corrected chi connectivity index (χ4v) is 3.28. The molecule has 0 saturated carbocycles. The van der Waals surface area contributed by atoms with Crippen molar-refractivity contribution < 1.29 is 38.1 Å². The number of aromatic nitrogens is 2. The van der Waals surface area contributed by atoms with Crippen LogP contribution in [-0.4, -0.2) is 50.6 Å². The highest BCUT2D eigenvalue weighted by Crippen LogP contribution is 2.43. The number of fused-ring (bicyclic) bond motifs is 1. The molecule has 2 aromatic rings. The normalized spacial score (nSPS) is 20.5. The van der Waals surface area contributed by atoms with E-state index in [0.717, 1.165) is 44.6 Å². The van der Waals surface area contributed by atoms with Gasteiger partial charge in [-0.2, -0.15) is 0 Å². The summed E-state index contributed by atoms with van der Waals surface area (Å²) in [7, 11) is 0. The van der Waals surface area contributed by atoms with E-state index in [1.54, 1.807) is 18.3 Å². The summed E-state index contributed by atoms with van der Waals surface area (Å²) >= 11 is 0. The van der Waals surface area contributed by atoms with Crippen LogP contribution in [0.3, 0.4) is 0 Å². The quantitative estimate of drug-likeness (QED) is 0.648. The zero-order chi connectivity index (χ0) is 23.2. The van der Waals surface area contributed by atoms with Crippen molar-refractivity contribution in [3.8, 4) is 22.9 Å². The second-order valence-corrected chi connectivity index (χ2v) is 7.06. The Morgan fingerprint density at radius 3 is 2.42 bits per heavy atom. The molecule has 0 radical (unpaired) electrons. The molecule has 0 unspecified atom stereocenters. The molecular formula is C20H25F2N3O6. The summed E-state index contributed by atoms with van der Waals surface area (Å²) in [5, 5.41) is 18.3. The first-order valence-corrected chi connectivity index (χ1v) is 9.54. The molecule has 2 aliphatic rings. The minimum Gasteiger partial charge on any atom is -0.481 e. The van der Waals surface area contributed by atoms with Gasteiger partial charge >= 0.3 is 6.29 Å². The standard InChI is InChI=1S/C16H17F2N3O2.2C2H4O2/c1-10-8-12(4-5-19-10)21-7-6-20-15(21)11-2-3-13-14(9-11)23-16(17,18)22-13;2*1-2(3)4/h2-3,6-7,9-10,12,19H,4-5,8H2,1H3;2*1H3,(H,3,4)/t10-,12-;;/m1../s1. The lowest BCUT2D eigenvalue weighted by atomic mass is 10.00. The number of nitrogens with one attached hydrogen (secondary N) is 1. The number of alkyl halides is 2. The van der Waals surface area contributed by atoms with Crippen molar-refractivity contribution in [1.29, 1.82) is 0 Å². The van der Waals surface area contributed by atoms with Crippen molar-refractivity contribution in [1.82, 2.24) is 14.9 Å². The molecule has 2 aliphatic heterocycles. The van der Waals surface area contributed by atoms with Crippen molar-refractivity contribution in [3.63, 3.8) is 0 Å². The monoisotopic (exact) mass is 441 g/mol. The zero-order valence-corrected chi connectivity index (χ0v) is 17.3. The minimum atomic E-state index is -3.60. The minimum absolute atomic E-state index is 0.0423. The van der Waals surface area contributed by atoms with Gasteiger partial charge < -0.3 is 29.6 Å². The van der Waals surface area contributed by atoms with E-state index < -0.39 is 18.2 Å². The number of carbonyl (C=O) groups is 2. The Balaban J connectivity index is 0.000000370. The third-order valence-corrected chi connectivity index (χ3v) is 4.32. The molecule has 1 aromatic carbocycles. The molecule has 9 nitrogen and oxygen atoms in total. The fourth-order valence-electron chi connectivity index (χ4n) is 3.28. The van der Waals surface area contributed by atoms with E-state index in [4.69, 9.17) is 19.8 Å². The smallest absolute Gasteiger partial charge is 0.481 e. The van der Waals surface area contributed by atoms with Crippen LogP contribution in [0.25, 0.3) is 11.4 Å². The number of aliphatic carboxylic acids is 2. The fraction of sp³-hybridized carbons (Fsp3) is 0.450. The predicted octanol–water partition coefficient (Wildman–Crippen LogP) is 3.37. The molecule has 170 valence electrons. The van der Waals surface area contributed by atoms with E-state index in [1.165, 1.54) is 6.07 Å². The molecule has 0 spiro atoms. The second kappa shape index (κ2) is 10.2. The first kappa shape index (κ1) is 24.1. The molecule has 2 atom stereocenters. The van der Waals surface area contributed by atoms with Crippen molar-refractivity contribution in [2.24, 2.45) is 0 Å². The van der Waals surface area contributed by atoms with Crippen LogP contribution in [0.1, 0.15) is 39.7 Å². The van der Waals surface area contributed by atoms with E-state index in [9.17, 15) is 8.78 Å². The van der Waals surface area contributed by atoms with Gasteiger partial charge in [0.25, 0.3) is 11.9 Å². The van der Waals surface area contributed by atoms with E-state index in [2.05, 4.69) is 31.3 Å². The van der Waals surface area contributed by atoms with Crippen LogP contribution in [0, 0.1) is 0 Å². The van der Waals surface area contributed by atoms with E-state index in [0.29, 0.717) is 12.1 Å². The highest BCUT2D eigenvalue weighted by Gasteiger charge is 2.43. The number of carboxylic acid groups (broad SMARTS) is 2. The van der Waals surface area contributed by atoms with Gasteiger partial charge in [-0.1, -0.05) is 0 Å². The first-order valence-electron chi connectivity index (χ1n) is 9.54. The highest BCUT2D eigenvalue weighted by molar-refractivity contribution is 5.63. The number of imidazole rings is 1. The van der Waals surface area contributed by atoms with Crippen LogP contribution in [-0.2, 0) is 9.59 Å². The summed E-state index contributed by atoms with van der Waals surface area (Å²) in [4.78, 5) is 22.4. The lowest BCUT2D eigenvalue weighted by Gasteiger charge is -2.30. The maximum Gasteiger partial charge on any atom is 0.586 e. The van der Waals surface area contributed by atoms with Crippen molar-refractivity contribution in [2.45, 2.75) is 52.0 Å². The number of piperidine rings is 1. The van der Waals surface area contributed by atoms with Crippen LogP contribution >= 0.6 is 0 Å². The number of hydrogen-bond donors (Lipinski definition) is 3. The molecule has 4 rings (SSSR count). The number of ether oxygens (including phenoxy) is 2. The first-order chi connectivity index (χ1) is 14.5. The van der Waals surface area contributed by atoms with Crippen LogP contribution in [0.5, 0.6) is 11.5 Å². The molecule has 0 amide bonds. The molecule has 1 saturated heterocycles. The lowest BCUT2D eigenvalue weighted by molar-refractivity contribution is -0.286. The van der Waals surface area contributed by atoms with Crippen LogP contribution in [0.4, 0.5) is 8.78 Å². The number of nitrogens with zero attached hydrogens (tertiary/aromatic N) is 2. The number of benzene rings is 1. The van der Waals surface area contributed by atoms with Crippen molar-refractivity contribution in [3.05, 3.63) is 30.6 Å². The summed E-state index contributed by atoms with van der Waals surface area (Å²) in [6, 6.07) is 5.57. The van der Waals surface area contributed by atoms with Gasteiger partial charge in [-0.15, -0.1) is 8.78 Å². The third-order valence-electron chi connectivity index (χ3n) is 4.32. The molecule has 3 heterocycles. The Bertz CT molecular complexity index is 898. The average molecular weight is 441 g/mol. The van der Waals surface area contributed by atoms with Gasteiger partial charge in [0.2, 0.25) is 0 Å². The molecular weight excluding hydrogens is 416 g/mol. The van der Waals surface area contributed by atoms with E-state index in [1.807, 2.05) is 6.20 Å². The maximum atomic E-state index is 13.2. The Kier molecular flexibility index (Phi) is 7.92. The SMILES string of the molecule is CC(=O)O.CC(=O)O.C[C@@H]1C[C@H](n2ccnc2-c2ccc3c(c2)OC(F)(F)O3)CCN1. The maximum absolute atomic E-state index is 13.2. The number of halogens is 2. The summed E-state index contributed by atoms with van der Waals surface area (Å²) in [6.45, 7) is 5.28. The number of carboxylic acids is 2. The van der Waals surface area contributed by atoms with Gasteiger partial charge in [-0.05, 0) is 44.5 Å². The average Bonchev–Trinajstić information content (AvgIpc) is 3.22. The zero-order valence-electron chi connectivity index (χ0n) is 17.3. The molecule has 1 fully saturated rings. The number of rotatable bonds is 2. The molecule has 0 bridgehead atoms. The topological polar surface area (TPSA) is 123 Å². The van der Waals surface area contributed by atoms with Gasteiger partial charge in [0.05, 0.1) is 0 Å². The Labute approximate surface area is 177 Å². The van der Waals surface area contributed by atoms with Gasteiger partial charge in [-0.3, -0.25) is 9.59 Å². The van der Waals surface area contributed by atoms with Gasteiger partial charge in [0.1, 0.15) is 5.82 Å². The van der Waals surface area contributed by atoms with Crippen molar-refractivity contribution >= 4 is 11.9 Å². The van der Waals surface area contributed by atoms with Crippen molar-refractivity contribution in [2.75, 3.05) is 6.54 Å². The van der Waals surface area contributed by atoms with Crippen LogP contribution < -0.4 is 14.8 Å². The van der Waals surface area contributed by atoms with Gasteiger partial charge in [0, 0.05) is 43.9 Å². The predicted molar refractivity (Wildman–Crippen MR) is 106 cm³/mol. The Morgan fingerprint density at radius 1 is 1.19 bits per heavy atom. The summed E-state index contributed by atoms with van der Waals surface area (Å²) in [6.07, 6.45) is 2.10. The largest absolute Gasteiger partial charge is 0.586 e. The molecule has 3 N–H and O–H groups in total. The molecule has 31 heavy (non-hydrogen) atoms. The summed E-state index contributed by atoms with van der Waals surface area (Å²) < 4.78 is 37.4. The van der Waals surface area contributed by atoms with E-state index >= 15 is 0 Å². The highest BCUT2D eigenvalue weighted by atomic mass is 19.3. The van der Waals surface area contributed by atoms with Crippen LogP contribution in [0.15, 0.2) is 30.6 Å². The summed E-state index contributed by atoms with van der Waals surface area (Å²) in [5.41, 5.74) is 0.737. The molecule has 11 heteroatoms. The van der Waals surface area contributed by atoms with Gasteiger partial charge in [0.15, 0.2) is 11.5 Å². The van der Waals surface area contributed by atoms with Crippen LogP contribution in [0.2, 0.25) is 0 Å². The lowest BCUT2D eigenvalue weighted by Crippen LogP contribution is -2.36. The third kappa shape index (κ3) is 7.21. The molecule has 0 aliphatic carbocycles. The Hall–Kier alpha value is -3.21. The van der Waals surface area contributed by atoms with Gasteiger partial charge in [-0.25, -0.2) is 4.98 Å². The second-order valence-electron chi connectivity index (χ2n) is 7.06. The summed E-state index contributed by atoms with van der Waals surface area (Å²) in [5.74, 6) is -0.821.